The van der Waals surface area contributed by atoms with E-state index in [-0.39, 0.29) is 0 Å². The first-order chi connectivity index (χ1) is 8.63. The largest absolute Gasteiger partial charge is 0.480 e. The lowest BCUT2D eigenvalue weighted by Gasteiger charge is -2.12. The lowest BCUT2D eigenvalue weighted by molar-refractivity contribution is -0.139. The number of carboxylic acids is 1. The van der Waals surface area contributed by atoms with Crippen LogP contribution in [0.25, 0.3) is 0 Å². The molecule has 1 aromatic heterocycles. The van der Waals surface area contributed by atoms with Gasteiger partial charge in [-0.3, -0.25) is 5.10 Å². The molecule has 2 amide bonds. The van der Waals surface area contributed by atoms with Gasteiger partial charge < -0.3 is 15.7 Å². The molecule has 100 valence electrons. The zero-order valence-electron chi connectivity index (χ0n) is 10.1. The van der Waals surface area contributed by atoms with Gasteiger partial charge in [-0.05, 0) is 12.8 Å². The Balaban J connectivity index is 2.15. The van der Waals surface area contributed by atoms with Crippen molar-refractivity contribution in [2.24, 2.45) is 0 Å². The summed E-state index contributed by atoms with van der Waals surface area (Å²) in [5.41, 5.74) is 0. The van der Waals surface area contributed by atoms with Gasteiger partial charge in [-0.15, -0.1) is 0 Å². The van der Waals surface area contributed by atoms with E-state index in [1.165, 1.54) is 6.33 Å². The molecule has 0 saturated heterocycles. The number of carbonyl (C=O) groups excluding carboxylic acids is 1. The van der Waals surface area contributed by atoms with Gasteiger partial charge in [0, 0.05) is 13.0 Å². The van der Waals surface area contributed by atoms with Gasteiger partial charge >= 0.3 is 12.0 Å². The molecule has 0 aliphatic rings. The summed E-state index contributed by atoms with van der Waals surface area (Å²) in [6.07, 6.45) is 3.15. The summed E-state index contributed by atoms with van der Waals surface area (Å²) < 4.78 is 0. The maximum absolute atomic E-state index is 11.4. The number of carboxylic acid groups (broad SMARTS) is 1. The third-order valence-corrected chi connectivity index (χ3v) is 2.35. The Morgan fingerprint density at radius 1 is 1.56 bits per heavy atom. The van der Waals surface area contributed by atoms with Crippen molar-refractivity contribution in [2.45, 2.75) is 32.2 Å². The normalized spacial score (nSPS) is 11.8. The molecule has 8 heteroatoms. The van der Waals surface area contributed by atoms with Gasteiger partial charge in [0.1, 0.15) is 18.2 Å². The number of amides is 2. The Hall–Kier alpha value is -2.12. The monoisotopic (exact) mass is 255 g/mol. The molecule has 0 fully saturated rings. The Morgan fingerprint density at radius 3 is 2.89 bits per heavy atom. The highest BCUT2D eigenvalue weighted by Gasteiger charge is 2.16. The Kier molecular flexibility index (Phi) is 5.62. The van der Waals surface area contributed by atoms with Crippen LogP contribution in [0.4, 0.5) is 4.79 Å². The van der Waals surface area contributed by atoms with Crippen LogP contribution in [-0.4, -0.2) is 44.9 Å². The van der Waals surface area contributed by atoms with Gasteiger partial charge in [0.05, 0.1) is 0 Å². The van der Waals surface area contributed by atoms with Crippen LogP contribution in [0.3, 0.4) is 0 Å². The molecule has 0 spiro atoms. The molecule has 18 heavy (non-hydrogen) atoms. The summed E-state index contributed by atoms with van der Waals surface area (Å²) in [6, 6.07) is -1.32. The van der Waals surface area contributed by atoms with E-state index in [0.717, 1.165) is 5.82 Å². The molecule has 4 N–H and O–H groups in total. The molecule has 0 aromatic carbocycles. The first-order valence-electron chi connectivity index (χ1n) is 5.75. The Labute approximate surface area is 104 Å². The second-order valence-electron chi connectivity index (χ2n) is 3.74. The van der Waals surface area contributed by atoms with Crippen LogP contribution in [0.1, 0.15) is 25.6 Å². The van der Waals surface area contributed by atoms with Gasteiger partial charge in [-0.2, -0.15) is 5.10 Å². The minimum atomic E-state index is -1.03. The average molecular weight is 255 g/mol. The predicted octanol–water partition coefficient (Wildman–Crippen LogP) is -0.100. The van der Waals surface area contributed by atoms with Gasteiger partial charge in [-0.1, -0.05) is 6.92 Å². The number of aliphatic carboxylic acids is 1. The first-order valence-corrected chi connectivity index (χ1v) is 5.75. The zero-order valence-corrected chi connectivity index (χ0v) is 10.1. The van der Waals surface area contributed by atoms with Crippen LogP contribution in [0, 0.1) is 0 Å². The molecule has 0 bridgehead atoms. The van der Waals surface area contributed by atoms with E-state index in [9.17, 15) is 9.59 Å². The van der Waals surface area contributed by atoms with Crippen molar-refractivity contribution in [2.75, 3.05) is 6.54 Å². The van der Waals surface area contributed by atoms with Crippen molar-refractivity contribution < 1.29 is 14.7 Å². The number of rotatable bonds is 7. The first kappa shape index (κ1) is 13.9. The predicted molar refractivity (Wildman–Crippen MR) is 63.0 cm³/mol. The fourth-order valence-electron chi connectivity index (χ4n) is 1.36. The maximum Gasteiger partial charge on any atom is 0.326 e. The van der Waals surface area contributed by atoms with E-state index >= 15 is 0 Å². The Bertz CT molecular complexity index is 379. The molecule has 8 nitrogen and oxygen atoms in total. The van der Waals surface area contributed by atoms with E-state index in [2.05, 4.69) is 25.8 Å². The van der Waals surface area contributed by atoms with Crippen molar-refractivity contribution in [3.8, 4) is 0 Å². The second-order valence-corrected chi connectivity index (χ2v) is 3.74. The van der Waals surface area contributed by atoms with Crippen LogP contribution in [-0.2, 0) is 11.2 Å². The molecule has 1 aromatic rings. The molecular weight excluding hydrogens is 238 g/mol. The summed E-state index contributed by atoms with van der Waals surface area (Å²) in [4.78, 5) is 26.0. The summed E-state index contributed by atoms with van der Waals surface area (Å²) >= 11 is 0. The SMILES string of the molecule is CC[C@H](NC(=O)NCCCc1ncn[nH]1)C(=O)O. The third-order valence-electron chi connectivity index (χ3n) is 2.35. The molecule has 0 aliphatic heterocycles. The van der Waals surface area contributed by atoms with Gasteiger partial charge in [0.25, 0.3) is 0 Å². The maximum atomic E-state index is 11.4. The van der Waals surface area contributed by atoms with Crippen LogP contribution in [0.5, 0.6) is 0 Å². The number of hydrogen-bond acceptors (Lipinski definition) is 4. The highest BCUT2D eigenvalue weighted by Crippen LogP contribution is 1.93. The summed E-state index contributed by atoms with van der Waals surface area (Å²) in [5.74, 6) is -0.275. The molecular formula is C10H17N5O3. The van der Waals surface area contributed by atoms with Crippen molar-refractivity contribution in [1.29, 1.82) is 0 Å². The van der Waals surface area contributed by atoms with Gasteiger partial charge in [0.2, 0.25) is 0 Å². The third kappa shape index (κ3) is 4.81. The molecule has 0 aliphatic carbocycles. The fraction of sp³-hybridized carbons (Fsp3) is 0.600. The fourth-order valence-corrected chi connectivity index (χ4v) is 1.36. The smallest absolute Gasteiger partial charge is 0.326 e. The average Bonchev–Trinajstić information content (AvgIpc) is 2.84. The number of aryl methyl sites for hydroxylation is 1. The minimum Gasteiger partial charge on any atom is -0.480 e. The summed E-state index contributed by atoms with van der Waals surface area (Å²) in [7, 11) is 0. The van der Waals surface area contributed by atoms with Crippen molar-refractivity contribution >= 4 is 12.0 Å². The molecule has 1 rings (SSSR count). The lowest BCUT2D eigenvalue weighted by atomic mass is 10.2. The van der Waals surface area contributed by atoms with E-state index in [1.807, 2.05) is 0 Å². The van der Waals surface area contributed by atoms with Crippen molar-refractivity contribution in [3.05, 3.63) is 12.2 Å². The zero-order chi connectivity index (χ0) is 13.4. The van der Waals surface area contributed by atoms with E-state index in [0.29, 0.717) is 25.8 Å². The topological polar surface area (TPSA) is 120 Å². The van der Waals surface area contributed by atoms with Crippen LogP contribution in [0.15, 0.2) is 6.33 Å². The van der Waals surface area contributed by atoms with Crippen LogP contribution < -0.4 is 10.6 Å². The number of H-pyrrole nitrogens is 1. The number of aromatic amines is 1. The Morgan fingerprint density at radius 2 is 2.33 bits per heavy atom. The van der Waals surface area contributed by atoms with Gasteiger partial charge in [0.15, 0.2) is 0 Å². The van der Waals surface area contributed by atoms with Crippen LogP contribution >= 0.6 is 0 Å². The van der Waals surface area contributed by atoms with Crippen LogP contribution in [0.2, 0.25) is 0 Å². The quantitative estimate of drug-likeness (QED) is 0.507. The molecule has 1 atom stereocenters. The van der Waals surface area contributed by atoms with Gasteiger partial charge in [-0.25, -0.2) is 14.6 Å². The number of hydrogen-bond donors (Lipinski definition) is 4. The minimum absolute atomic E-state index is 0.348. The second kappa shape index (κ2) is 7.25. The number of carbonyl (C=O) groups is 2. The molecule has 1 heterocycles. The number of urea groups is 1. The highest BCUT2D eigenvalue weighted by atomic mass is 16.4. The molecule has 0 saturated carbocycles. The summed E-state index contributed by atoms with van der Waals surface area (Å²) in [6.45, 7) is 2.14. The van der Waals surface area contributed by atoms with E-state index < -0.39 is 18.0 Å². The van der Waals surface area contributed by atoms with Crippen molar-refractivity contribution in [1.82, 2.24) is 25.8 Å². The summed E-state index contributed by atoms with van der Waals surface area (Å²) in [5, 5.41) is 20.1. The molecule has 0 unspecified atom stereocenters. The molecule has 0 radical (unpaired) electrons. The number of aromatic nitrogens is 3. The standard InChI is InChI=1S/C10H17N5O3/c1-2-7(9(16)17)14-10(18)11-5-3-4-8-12-6-13-15-8/h6-7H,2-5H2,1H3,(H,16,17)(H2,11,14,18)(H,12,13,15)/t7-/m0/s1. The number of nitrogens with zero attached hydrogens (tertiary/aromatic N) is 2. The van der Waals surface area contributed by atoms with E-state index in [4.69, 9.17) is 5.11 Å². The lowest BCUT2D eigenvalue weighted by Crippen LogP contribution is -2.45. The highest BCUT2D eigenvalue weighted by molar-refractivity contribution is 5.82. The number of nitrogens with one attached hydrogen (secondary N) is 3. The van der Waals surface area contributed by atoms with E-state index in [1.54, 1.807) is 6.92 Å². The van der Waals surface area contributed by atoms with Crippen molar-refractivity contribution in [3.63, 3.8) is 0 Å².